The minimum atomic E-state index is -0.781. The average molecular weight is 968 g/mol. The van der Waals surface area contributed by atoms with Gasteiger partial charge >= 0.3 is 17.9 Å². The Bertz CT molecular complexity index is 1200. The van der Waals surface area contributed by atoms with E-state index in [0.717, 1.165) is 89.9 Å². The van der Waals surface area contributed by atoms with E-state index in [2.05, 4.69) is 69.4 Å². The van der Waals surface area contributed by atoms with Gasteiger partial charge in [0.05, 0.1) is 0 Å². The monoisotopic (exact) mass is 967 g/mol. The summed E-state index contributed by atoms with van der Waals surface area (Å²) in [6, 6.07) is 0. The number of allylic oxidation sites excluding steroid dienone is 8. The largest absolute Gasteiger partial charge is 0.462 e. The molecule has 0 bridgehead atoms. The molecule has 0 saturated carbocycles. The number of ether oxygens (including phenoxy) is 3. The molecule has 6 nitrogen and oxygen atoms in total. The maximum absolute atomic E-state index is 12.9. The molecule has 0 spiro atoms. The predicted octanol–water partition coefficient (Wildman–Crippen LogP) is 20.2. The SMILES string of the molecule is CCCC/C=C\CCCCCCCC(=O)OCC(COC(=O)CCCCCCCCCCCCCCCCCCCCCCC)OC(=O)CCCCCCCC/C=C\C/C=C\C/C=C\CCCCC. The van der Waals surface area contributed by atoms with E-state index in [1.807, 2.05) is 0 Å². The van der Waals surface area contributed by atoms with Crippen LogP contribution >= 0.6 is 0 Å². The normalized spacial score (nSPS) is 12.3. The van der Waals surface area contributed by atoms with E-state index in [1.54, 1.807) is 0 Å². The molecule has 0 aromatic rings. The molecule has 6 heteroatoms. The van der Waals surface area contributed by atoms with Crippen LogP contribution in [0.2, 0.25) is 0 Å². The van der Waals surface area contributed by atoms with Crippen LogP contribution in [0, 0.1) is 0 Å². The van der Waals surface area contributed by atoms with Crippen LogP contribution in [0.25, 0.3) is 0 Å². The van der Waals surface area contributed by atoms with Gasteiger partial charge < -0.3 is 14.2 Å². The highest BCUT2D eigenvalue weighted by Crippen LogP contribution is 2.17. The molecule has 0 amide bonds. The van der Waals surface area contributed by atoms with Crippen molar-refractivity contribution in [2.45, 2.75) is 322 Å². The lowest BCUT2D eigenvalue weighted by Crippen LogP contribution is -2.30. The molecule has 0 N–H and O–H groups in total. The molecule has 0 radical (unpaired) electrons. The van der Waals surface area contributed by atoms with Gasteiger partial charge in [-0.15, -0.1) is 0 Å². The van der Waals surface area contributed by atoms with Crippen molar-refractivity contribution in [2.24, 2.45) is 0 Å². The molecule has 0 fully saturated rings. The van der Waals surface area contributed by atoms with Gasteiger partial charge in [-0.1, -0.05) is 268 Å². The Balaban J connectivity index is 4.29. The second kappa shape index (κ2) is 57.9. The third-order valence-corrected chi connectivity index (χ3v) is 13.3. The van der Waals surface area contributed by atoms with Gasteiger partial charge in [-0.25, -0.2) is 0 Å². The molecule has 0 aliphatic carbocycles. The fourth-order valence-corrected chi connectivity index (χ4v) is 8.73. The van der Waals surface area contributed by atoms with Crippen molar-refractivity contribution < 1.29 is 28.6 Å². The Hall–Kier alpha value is -2.63. The molecule has 1 unspecified atom stereocenters. The lowest BCUT2D eigenvalue weighted by Gasteiger charge is -2.18. The fourth-order valence-electron chi connectivity index (χ4n) is 8.73. The molecule has 1 atom stereocenters. The number of unbranched alkanes of at least 4 members (excludes halogenated alkanes) is 36. The molecule has 0 rings (SSSR count). The van der Waals surface area contributed by atoms with E-state index >= 15 is 0 Å². The molecule has 0 aromatic heterocycles. The third kappa shape index (κ3) is 56.2. The predicted molar refractivity (Wildman–Crippen MR) is 298 cm³/mol. The van der Waals surface area contributed by atoms with Crippen LogP contribution in [-0.4, -0.2) is 37.2 Å². The minimum absolute atomic E-state index is 0.0781. The molecule has 402 valence electrons. The Kier molecular flexibility index (Phi) is 55.7. The van der Waals surface area contributed by atoms with Crippen molar-refractivity contribution in [3.05, 3.63) is 48.6 Å². The van der Waals surface area contributed by atoms with Crippen LogP contribution in [0.4, 0.5) is 0 Å². The van der Waals surface area contributed by atoms with E-state index in [0.29, 0.717) is 19.3 Å². The summed E-state index contributed by atoms with van der Waals surface area (Å²) in [7, 11) is 0. The van der Waals surface area contributed by atoms with Crippen molar-refractivity contribution in [3.8, 4) is 0 Å². The van der Waals surface area contributed by atoms with Gasteiger partial charge in [-0.2, -0.15) is 0 Å². The molecule has 0 aliphatic heterocycles. The molecule has 0 aromatic carbocycles. The first kappa shape index (κ1) is 66.4. The second-order valence-corrected chi connectivity index (χ2v) is 20.3. The third-order valence-electron chi connectivity index (χ3n) is 13.3. The number of carbonyl (C=O) groups excluding carboxylic acids is 3. The molecule has 69 heavy (non-hydrogen) atoms. The molecular weight excluding hydrogens is 853 g/mol. The lowest BCUT2D eigenvalue weighted by molar-refractivity contribution is -0.167. The van der Waals surface area contributed by atoms with Crippen LogP contribution in [-0.2, 0) is 28.6 Å². The molecule has 0 heterocycles. The highest BCUT2D eigenvalue weighted by Gasteiger charge is 2.19. The zero-order valence-electron chi connectivity index (χ0n) is 46.1. The van der Waals surface area contributed by atoms with Crippen LogP contribution in [0.5, 0.6) is 0 Å². The van der Waals surface area contributed by atoms with Gasteiger partial charge in [0, 0.05) is 19.3 Å². The van der Waals surface area contributed by atoms with Crippen LogP contribution in [0.1, 0.15) is 316 Å². The summed E-state index contributed by atoms with van der Waals surface area (Å²) in [6.07, 6.45) is 71.1. The fraction of sp³-hybridized carbons (Fsp3) is 0.825. The van der Waals surface area contributed by atoms with Gasteiger partial charge in [-0.05, 0) is 77.0 Å². The molecule has 0 saturated heterocycles. The van der Waals surface area contributed by atoms with Crippen LogP contribution < -0.4 is 0 Å². The summed E-state index contributed by atoms with van der Waals surface area (Å²) in [4.78, 5) is 38.2. The first-order chi connectivity index (χ1) is 34.0. The van der Waals surface area contributed by atoms with Crippen LogP contribution in [0.3, 0.4) is 0 Å². The van der Waals surface area contributed by atoms with E-state index < -0.39 is 6.10 Å². The first-order valence-corrected chi connectivity index (χ1v) is 30.1. The Labute approximate surface area is 428 Å². The highest BCUT2D eigenvalue weighted by atomic mass is 16.6. The maximum atomic E-state index is 12.9. The summed E-state index contributed by atoms with van der Waals surface area (Å²) in [5, 5.41) is 0. The Morgan fingerprint density at radius 2 is 0.536 bits per heavy atom. The molecule has 0 aliphatic rings. The van der Waals surface area contributed by atoms with Crippen LogP contribution in [0.15, 0.2) is 48.6 Å². The average Bonchev–Trinajstić information content (AvgIpc) is 3.35. The van der Waals surface area contributed by atoms with Crippen molar-refractivity contribution in [1.82, 2.24) is 0 Å². The zero-order chi connectivity index (χ0) is 50.0. The number of carbonyl (C=O) groups is 3. The second-order valence-electron chi connectivity index (χ2n) is 20.3. The number of esters is 3. The minimum Gasteiger partial charge on any atom is -0.462 e. The van der Waals surface area contributed by atoms with Crippen molar-refractivity contribution in [2.75, 3.05) is 13.2 Å². The smallest absolute Gasteiger partial charge is 0.306 e. The summed E-state index contributed by atoms with van der Waals surface area (Å²) in [5.74, 6) is -0.885. The summed E-state index contributed by atoms with van der Waals surface area (Å²) < 4.78 is 16.9. The van der Waals surface area contributed by atoms with E-state index in [1.165, 1.54) is 186 Å². The first-order valence-electron chi connectivity index (χ1n) is 30.1. The number of hydrogen-bond acceptors (Lipinski definition) is 6. The maximum Gasteiger partial charge on any atom is 0.306 e. The van der Waals surface area contributed by atoms with E-state index in [9.17, 15) is 14.4 Å². The highest BCUT2D eigenvalue weighted by molar-refractivity contribution is 5.71. The van der Waals surface area contributed by atoms with Crippen molar-refractivity contribution in [3.63, 3.8) is 0 Å². The Morgan fingerprint density at radius 3 is 0.899 bits per heavy atom. The van der Waals surface area contributed by atoms with E-state index in [-0.39, 0.29) is 31.1 Å². The van der Waals surface area contributed by atoms with Gasteiger partial charge in [0.25, 0.3) is 0 Å². The van der Waals surface area contributed by atoms with Gasteiger partial charge in [0.15, 0.2) is 6.10 Å². The number of rotatable bonds is 55. The summed E-state index contributed by atoms with van der Waals surface area (Å²) in [6.45, 7) is 6.60. The Morgan fingerprint density at radius 1 is 0.290 bits per heavy atom. The van der Waals surface area contributed by atoms with Gasteiger partial charge in [0.2, 0.25) is 0 Å². The standard InChI is InChI=1S/C63H114O6/c1-4-7-10-13-16-19-22-24-26-28-30-31-33-34-36-38-41-44-47-50-53-56-62(65)68-59-60(58-67-61(64)55-52-49-46-43-40-21-18-15-12-9-6-3)69-63(66)57-54-51-48-45-42-39-37-35-32-29-27-25-23-20-17-14-11-8-5-2/h15,17-18,20,25,27,32,35,60H,4-14,16,19,21-24,26,28-31,33-34,36-59H2,1-3H3/b18-15-,20-17-,27-25-,35-32-. The van der Waals surface area contributed by atoms with Gasteiger partial charge in [0.1, 0.15) is 13.2 Å². The topological polar surface area (TPSA) is 78.9 Å². The zero-order valence-corrected chi connectivity index (χ0v) is 46.1. The lowest BCUT2D eigenvalue weighted by atomic mass is 10.0. The summed E-state index contributed by atoms with van der Waals surface area (Å²) in [5.41, 5.74) is 0. The van der Waals surface area contributed by atoms with E-state index in [4.69, 9.17) is 14.2 Å². The summed E-state index contributed by atoms with van der Waals surface area (Å²) >= 11 is 0. The molecular formula is C63H114O6. The van der Waals surface area contributed by atoms with Crippen molar-refractivity contribution in [1.29, 1.82) is 0 Å². The van der Waals surface area contributed by atoms with Gasteiger partial charge in [-0.3, -0.25) is 14.4 Å². The van der Waals surface area contributed by atoms with Crippen molar-refractivity contribution >= 4 is 17.9 Å². The quantitative estimate of drug-likeness (QED) is 0.0262. The number of hydrogen-bond donors (Lipinski definition) is 0.